The van der Waals surface area contributed by atoms with Gasteiger partial charge in [0.2, 0.25) is 5.91 Å². The second-order valence-corrected chi connectivity index (χ2v) is 5.64. The molecule has 150 valence electrons. The fourth-order valence-corrected chi connectivity index (χ4v) is 2.31. The van der Waals surface area contributed by atoms with Crippen LogP contribution in [0.2, 0.25) is 0 Å². The van der Waals surface area contributed by atoms with Crippen LogP contribution in [0.5, 0.6) is 11.5 Å². The van der Waals surface area contributed by atoms with E-state index >= 15 is 0 Å². The van der Waals surface area contributed by atoms with Crippen LogP contribution in [0, 0.1) is 10.1 Å². The number of nitrogens with two attached hydrogens (primary N) is 1. The first kappa shape index (κ1) is 22.2. The van der Waals surface area contributed by atoms with Gasteiger partial charge in [0.1, 0.15) is 6.10 Å². The molecule has 27 heavy (non-hydrogen) atoms. The number of hydrogen-bond acceptors (Lipinski definition) is 8. The van der Waals surface area contributed by atoms with E-state index in [0.29, 0.717) is 25.9 Å². The minimum absolute atomic E-state index is 0.111. The first-order valence-electron chi connectivity index (χ1n) is 8.49. The highest BCUT2D eigenvalue weighted by molar-refractivity contribution is 5.75. The number of benzene rings is 1. The van der Waals surface area contributed by atoms with Crippen molar-refractivity contribution in [3.8, 4) is 11.5 Å². The van der Waals surface area contributed by atoms with Crippen molar-refractivity contribution in [3.63, 3.8) is 0 Å². The Hall–Kier alpha value is -2.88. The molecule has 1 rings (SSSR count). The molecule has 1 aromatic rings. The maximum atomic E-state index is 11.6. The SMILES string of the molecule is COc1cc(C(C)OC=O)c([N+](=O)[O-])cc1OCCCC(=O)NCCCN. The Labute approximate surface area is 157 Å². The largest absolute Gasteiger partial charge is 0.493 e. The average Bonchev–Trinajstić information content (AvgIpc) is 2.64. The summed E-state index contributed by atoms with van der Waals surface area (Å²) >= 11 is 0. The number of rotatable bonds is 13. The molecule has 1 unspecified atom stereocenters. The fourth-order valence-electron chi connectivity index (χ4n) is 2.31. The molecule has 0 spiro atoms. The van der Waals surface area contributed by atoms with Gasteiger partial charge in [0, 0.05) is 13.0 Å². The quantitative estimate of drug-likeness (QED) is 0.225. The number of amides is 1. The van der Waals surface area contributed by atoms with Crippen LogP contribution in [0.3, 0.4) is 0 Å². The number of hydrogen-bond donors (Lipinski definition) is 2. The Kier molecular flexibility index (Phi) is 9.59. The lowest BCUT2D eigenvalue weighted by molar-refractivity contribution is -0.386. The number of carbonyl (C=O) groups excluding carboxylic acids is 2. The summed E-state index contributed by atoms with van der Waals surface area (Å²) in [5.41, 5.74) is 5.29. The zero-order valence-corrected chi connectivity index (χ0v) is 15.4. The molecule has 10 heteroatoms. The number of methoxy groups -OCH3 is 1. The minimum Gasteiger partial charge on any atom is -0.493 e. The van der Waals surface area contributed by atoms with E-state index < -0.39 is 11.0 Å². The smallest absolute Gasteiger partial charge is 0.293 e. The van der Waals surface area contributed by atoms with E-state index in [0.717, 1.165) is 0 Å². The zero-order valence-electron chi connectivity index (χ0n) is 15.4. The van der Waals surface area contributed by atoms with Crippen LogP contribution in [0.1, 0.15) is 37.9 Å². The van der Waals surface area contributed by atoms with Crippen molar-refractivity contribution < 1.29 is 28.7 Å². The van der Waals surface area contributed by atoms with Crippen molar-refractivity contribution in [2.45, 2.75) is 32.3 Å². The Morgan fingerprint density at radius 3 is 2.70 bits per heavy atom. The van der Waals surface area contributed by atoms with Crippen molar-refractivity contribution in [2.24, 2.45) is 5.73 Å². The molecule has 1 amide bonds. The molecule has 0 fully saturated rings. The molecule has 0 radical (unpaired) electrons. The van der Waals surface area contributed by atoms with Gasteiger partial charge in [-0.2, -0.15) is 0 Å². The number of ether oxygens (including phenoxy) is 3. The highest BCUT2D eigenvalue weighted by Crippen LogP contribution is 2.38. The van der Waals surface area contributed by atoms with Gasteiger partial charge in [-0.15, -0.1) is 0 Å². The third kappa shape index (κ3) is 7.10. The number of nitro benzene ring substituents is 1. The number of nitro groups is 1. The monoisotopic (exact) mass is 383 g/mol. The van der Waals surface area contributed by atoms with Gasteiger partial charge < -0.3 is 25.3 Å². The summed E-state index contributed by atoms with van der Waals surface area (Å²) in [6, 6.07) is 2.63. The summed E-state index contributed by atoms with van der Waals surface area (Å²) in [6.07, 6.45) is 0.583. The third-order valence-electron chi connectivity index (χ3n) is 3.72. The summed E-state index contributed by atoms with van der Waals surface area (Å²) in [4.78, 5) is 32.9. The van der Waals surface area contributed by atoms with Gasteiger partial charge in [0.05, 0.1) is 30.3 Å². The predicted octanol–water partition coefficient (Wildman–Crippen LogP) is 1.46. The lowest BCUT2D eigenvalue weighted by Gasteiger charge is -2.15. The molecule has 10 nitrogen and oxygen atoms in total. The van der Waals surface area contributed by atoms with E-state index in [4.69, 9.17) is 19.9 Å². The molecule has 0 heterocycles. The molecule has 3 N–H and O–H groups in total. The summed E-state index contributed by atoms with van der Waals surface area (Å²) in [6.45, 7) is 2.95. The van der Waals surface area contributed by atoms with Gasteiger partial charge in [-0.3, -0.25) is 19.7 Å². The zero-order chi connectivity index (χ0) is 20.2. The standard InChI is InChI=1S/C17H25N3O7/c1-12(27-11-21)13-9-15(25-2)16(10-14(13)20(23)24)26-8-3-5-17(22)19-7-4-6-18/h9-12H,3-8,18H2,1-2H3,(H,19,22). The van der Waals surface area contributed by atoms with Crippen molar-refractivity contribution in [3.05, 3.63) is 27.8 Å². The van der Waals surface area contributed by atoms with Crippen LogP contribution in [0.4, 0.5) is 5.69 Å². The third-order valence-corrected chi connectivity index (χ3v) is 3.72. The van der Waals surface area contributed by atoms with Crippen LogP contribution in [0.25, 0.3) is 0 Å². The van der Waals surface area contributed by atoms with Gasteiger partial charge in [0.15, 0.2) is 11.5 Å². The summed E-state index contributed by atoms with van der Waals surface area (Å²) in [5.74, 6) is 0.333. The van der Waals surface area contributed by atoms with E-state index in [2.05, 4.69) is 5.32 Å². The molecular weight excluding hydrogens is 358 g/mol. The maximum Gasteiger partial charge on any atom is 0.293 e. The van der Waals surface area contributed by atoms with Crippen molar-refractivity contribution in [1.82, 2.24) is 5.32 Å². The van der Waals surface area contributed by atoms with E-state index in [-0.39, 0.29) is 48.2 Å². The lowest BCUT2D eigenvalue weighted by atomic mass is 10.1. The van der Waals surface area contributed by atoms with E-state index in [9.17, 15) is 19.7 Å². The Morgan fingerprint density at radius 1 is 1.37 bits per heavy atom. The molecule has 0 aliphatic carbocycles. The maximum absolute atomic E-state index is 11.6. The molecule has 0 saturated heterocycles. The van der Waals surface area contributed by atoms with Gasteiger partial charge in [0.25, 0.3) is 12.2 Å². The molecule has 0 bridgehead atoms. The first-order chi connectivity index (χ1) is 12.9. The van der Waals surface area contributed by atoms with Crippen molar-refractivity contribution >= 4 is 18.1 Å². The van der Waals surface area contributed by atoms with Crippen LogP contribution < -0.4 is 20.5 Å². The van der Waals surface area contributed by atoms with E-state index in [1.807, 2.05) is 0 Å². The van der Waals surface area contributed by atoms with Crippen molar-refractivity contribution in [2.75, 3.05) is 26.8 Å². The highest BCUT2D eigenvalue weighted by Gasteiger charge is 2.24. The fraction of sp³-hybridized carbons (Fsp3) is 0.529. The van der Waals surface area contributed by atoms with Gasteiger partial charge in [-0.1, -0.05) is 0 Å². The van der Waals surface area contributed by atoms with Crippen LogP contribution >= 0.6 is 0 Å². The van der Waals surface area contributed by atoms with Gasteiger partial charge in [-0.25, -0.2) is 0 Å². The van der Waals surface area contributed by atoms with Crippen LogP contribution in [0.15, 0.2) is 12.1 Å². The lowest BCUT2D eigenvalue weighted by Crippen LogP contribution is -2.26. The van der Waals surface area contributed by atoms with Crippen molar-refractivity contribution in [1.29, 1.82) is 0 Å². The normalized spacial score (nSPS) is 11.4. The summed E-state index contributed by atoms with van der Waals surface area (Å²) in [5, 5.41) is 14.1. The Morgan fingerprint density at radius 2 is 2.11 bits per heavy atom. The summed E-state index contributed by atoms with van der Waals surface area (Å²) in [7, 11) is 1.40. The summed E-state index contributed by atoms with van der Waals surface area (Å²) < 4.78 is 15.5. The molecule has 0 aliphatic rings. The number of carbonyl (C=O) groups is 2. The van der Waals surface area contributed by atoms with Crippen LogP contribution in [-0.2, 0) is 14.3 Å². The van der Waals surface area contributed by atoms with Crippen LogP contribution in [-0.4, -0.2) is 44.1 Å². The first-order valence-corrected chi connectivity index (χ1v) is 8.49. The molecule has 1 aromatic carbocycles. The number of nitrogens with one attached hydrogen (secondary N) is 1. The Bertz CT molecular complexity index is 652. The second-order valence-electron chi connectivity index (χ2n) is 5.64. The topological polar surface area (TPSA) is 143 Å². The van der Waals surface area contributed by atoms with Gasteiger partial charge >= 0.3 is 0 Å². The number of nitrogens with zero attached hydrogens (tertiary/aromatic N) is 1. The average molecular weight is 383 g/mol. The van der Waals surface area contributed by atoms with Gasteiger partial charge in [-0.05, 0) is 32.4 Å². The molecule has 1 atom stereocenters. The minimum atomic E-state index is -0.817. The Balaban J connectivity index is 2.77. The van der Waals surface area contributed by atoms with E-state index in [1.54, 1.807) is 0 Å². The van der Waals surface area contributed by atoms with E-state index in [1.165, 1.54) is 26.2 Å². The predicted molar refractivity (Wildman–Crippen MR) is 96.6 cm³/mol. The molecule has 0 aromatic heterocycles. The molecule has 0 aliphatic heterocycles. The molecule has 0 saturated carbocycles. The molecular formula is C17H25N3O7. The highest BCUT2D eigenvalue weighted by atomic mass is 16.6. The second kappa shape index (κ2) is 11.7.